The van der Waals surface area contributed by atoms with Gasteiger partial charge in [-0.15, -0.1) is 0 Å². The molecule has 0 bridgehead atoms. The zero-order chi connectivity index (χ0) is 19.6. The molecule has 0 saturated heterocycles. The van der Waals surface area contributed by atoms with Crippen LogP contribution >= 0.6 is 0 Å². The monoisotopic (exact) mass is 382 g/mol. The van der Waals surface area contributed by atoms with Gasteiger partial charge in [-0.2, -0.15) is 10.1 Å². The van der Waals surface area contributed by atoms with E-state index in [1.807, 2.05) is 66.7 Å². The van der Waals surface area contributed by atoms with Crippen LogP contribution in [0.25, 0.3) is 21.8 Å². The van der Waals surface area contributed by atoms with Crippen LogP contribution in [0.3, 0.4) is 0 Å². The van der Waals surface area contributed by atoms with Crippen molar-refractivity contribution in [3.8, 4) is 5.75 Å². The molecule has 0 unspecified atom stereocenters. The molecule has 5 rings (SSSR count). The molecule has 29 heavy (non-hydrogen) atoms. The van der Waals surface area contributed by atoms with Crippen molar-refractivity contribution in [3.05, 3.63) is 72.9 Å². The van der Waals surface area contributed by atoms with Crippen molar-refractivity contribution in [1.29, 1.82) is 0 Å². The number of anilines is 4. The van der Waals surface area contributed by atoms with E-state index in [-0.39, 0.29) is 0 Å². The highest BCUT2D eigenvalue weighted by Gasteiger charge is 2.09. The number of rotatable bonds is 5. The topological polar surface area (TPSA) is 87.8 Å². The van der Waals surface area contributed by atoms with E-state index >= 15 is 0 Å². The van der Waals surface area contributed by atoms with Crippen LogP contribution in [-0.4, -0.2) is 27.3 Å². The van der Waals surface area contributed by atoms with Crippen LogP contribution in [0.1, 0.15) is 0 Å². The van der Waals surface area contributed by atoms with E-state index < -0.39 is 0 Å². The molecule has 3 N–H and O–H groups in total. The van der Waals surface area contributed by atoms with Gasteiger partial charge in [0.1, 0.15) is 11.6 Å². The number of hydrogen-bond donors (Lipinski definition) is 3. The lowest BCUT2D eigenvalue weighted by molar-refractivity contribution is 0.415. The lowest BCUT2D eigenvalue weighted by Crippen LogP contribution is -2.02. The number of aromatic nitrogens is 4. The summed E-state index contributed by atoms with van der Waals surface area (Å²) in [6.45, 7) is 0. The number of methoxy groups -OCH3 is 1. The molecule has 0 saturated carbocycles. The minimum absolute atomic E-state index is 0.513. The van der Waals surface area contributed by atoms with E-state index in [1.165, 1.54) is 0 Å². The predicted molar refractivity (Wildman–Crippen MR) is 115 cm³/mol. The fourth-order valence-corrected chi connectivity index (χ4v) is 3.18. The number of hydrogen-bond acceptors (Lipinski definition) is 6. The summed E-state index contributed by atoms with van der Waals surface area (Å²) in [5.41, 5.74) is 3.61. The Morgan fingerprint density at radius 1 is 0.862 bits per heavy atom. The van der Waals surface area contributed by atoms with Crippen molar-refractivity contribution in [2.24, 2.45) is 0 Å². The number of fused-ring (bicyclic) bond motifs is 2. The number of para-hydroxylation sites is 1. The third-order valence-corrected chi connectivity index (χ3v) is 4.65. The van der Waals surface area contributed by atoms with Crippen LogP contribution in [0.4, 0.5) is 23.1 Å². The summed E-state index contributed by atoms with van der Waals surface area (Å²) in [4.78, 5) is 9.36. The Hall–Kier alpha value is -4.13. The Morgan fingerprint density at radius 3 is 2.55 bits per heavy atom. The second-order valence-electron chi connectivity index (χ2n) is 6.56. The summed E-state index contributed by atoms with van der Waals surface area (Å²) < 4.78 is 5.21. The lowest BCUT2D eigenvalue weighted by atomic mass is 10.2. The van der Waals surface area contributed by atoms with Gasteiger partial charge in [0.2, 0.25) is 5.95 Å². The van der Waals surface area contributed by atoms with E-state index in [9.17, 15) is 0 Å². The van der Waals surface area contributed by atoms with Crippen molar-refractivity contribution in [3.63, 3.8) is 0 Å². The largest absolute Gasteiger partial charge is 0.497 e. The van der Waals surface area contributed by atoms with Gasteiger partial charge < -0.3 is 15.4 Å². The molecule has 7 nitrogen and oxygen atoms in total. The Kier molecular flexibility index (Phi) is 4.18. The van der Waals surface area contributed by atoms with Gasteiger partial charge >= 0.3 is 0 Å². The molecule has 2 heterocycles. The molecular weight excluding hydrogens is 364 g/mol. The van der Waals surface area contributed by atoms with Gasteiger partial charge in [0.05, 0.1) is 24.3 Å². The number of ether oxygens (including phenoxy) is 1. The first-order chi connectivity index (χ1) is 14.3. The fourth-order valence-electron chi connectivity index (χ4n) is 3.18. The highest BCUT2D eigenvalue weighted by Crippen LogP contribution is 2.28. The Labute approximate surface area is 166 Å². The molecule has 3 aromatic carbocycles. The first kappa shape index (κ1) is 17.0. The summed E-state index contributed by atoms with van der Waals surface area (Å²) in [5.74, 6) is 2.04. The molecule has 5 aromatic rings. The van der Waals surface area contributed by atoms with E-state index in [1.54, 1.807) is 13.3 Å². The maximum atomic E-state index is 5.21. The van der Waals surface area contributed by atoms with E-state index in [2.05, 4.69) is 25.8 Å². The van der Waals surface area contributed by atoms with Gasteiger partial charge in [0.25, 0.3) is 0 Å². The van der Waals surface area contributed by atoms with E-state index in [4.69, 9.17) is 9.72 Å². The summed E-state index contributed by atoms with van der Waals surface area (Å²) in [5, 5.41) is 15.7. The average molecular weight is 382 g/mol. The summed E-state index contributed by atoms with van der Waals surface area (Å²) in [7, 11) is 1.65. The molecule has 0 aliphatic carbocycles. The fraction of sp³-hybridized carbons (Fsp3) is 0.0455. The second kappa shape index (κ2) is 7.12. The molecular formula is C22H18N6O. The minimum Gasteiger partial charge on any atom is -0.497 e. The average Bonchev–Trinajstić information content (AvgIpc) is 3.22. The third kappa shape index (κ3) is 3.41. The number of aromatic amines is 1. The third-order valence-electron chi connectivity index (χ3n) is 4.65. The molecule has 0 atom stereocenters. The quantitative estimate of drug-likeness (QED) is 0.396. The van der Waals surface area contributed by atoms with Crippen molar-refractivity contribution < 1.29 is 4.74 Å². The van der Waals surface area contributed by atoms with Gasteiger partial charge in [0, 0.05) is 22.1 Å². The van der Waals surface area contributed by atoms with Gasteiger partial charge in [0.15, 0.2) is 0 Å². The summed E-state index contributed by atoms with van der Waals surface area (Å²) in [6.07, 6.45) is 1.80. The number of nitrogens with one attached hydrogen (secondary N) is 3. The number of benzene rings is 3. The van der Waals surface area contributed by atoms with E-state index in [0.29, 0.717) is 5.95 Å². The van der Waals surface area contributed by atoms with Gasteiger partial charge in [-0.3, -0.25) is 5.10 Å². The molecule has 142 valence electrons. The Morgan fingerprint density at radius 2 is 1.69 bits per heavy atom. The van der Waals surface area contributed by atoms with Crippen LogP contribution in [0, 0.1) is 0 Å². The SMILES string of the molecule is COc1ccc(Nc2nc(Nc3ccc4cn[nH]c4c3)c3ccccc3n2)cc1. The van der Waals surface area contributed by atoms with Gasteiger partial charge in [-0.25, -0.2) is 4.98 Å². The molecule has 0 aliphatic heterocycles. The maximum absolute atomic E-state index is 5.21. The predicted octanol–water partition coefficient (Wildman–Crippen LogP) is 5.00. The summed E-state index contributed by atoms with van der Waals surface area (Å²) >= 11 is 0. The molecule has 2 aromatic heterocycles. The first-order valence-corrected chi connectivity index (χ1v) is 9.16. The maximum Gasteiger partial charge on any atom is 0.229 e. The lowest BCUT2D eigenvalue weighted by Gasteiger charge is -2.12. The van der Waals surface area contributed by atoms with Crippen LogP contribution in [0.2, 0.25) is 0 Å². The zero-order valence-electron chi connectivity index (χ0n) is 15.7. The minimum atomic E-state index is 0.513. The zero-order valence-corrected chi connectivity index (χ0v) is 15.7. The second-order valence-corrected chi connectivity index (χ2v) is 6.56. The molecule has 7 heteroatoms. The normalized spacial score (nSPS) is 10.9. The number of H-pyrrole nitrogens is 1. The van der Waals surface area contributed by atoms with Crippen LogP contribution in [-0.2, 0) is 0 Å². The van der Waals surface area contributed by atoms with Crippen molar-refractivity contribution in [2.75, 3.05) is 17.7 Å². The Balaban J connectivity index is 1.52. The highest BCUT2D eigenvalue weighted by atomic mass is 16.5. The standard InChI is InChI=1S/C22H18N6O/c1-29-17-10-8-15(9-11-17)25-22-26-19-5-3-2-4-18(19)21(27-22)24-16-7-6-14-13-23-28-20(14)12-16/h2-13H,1H3,(H,23,28)(H2,24,25,26,27). The molecule has 0 fully saturated rings. The first-order valence-electron chi connectivity index (χ1n) is 9.16. The summed E-state index contributed by atoms with van der Waals surface area (Å²) in [6, 6.07) is 21.6. The highest BCUT2D eigenvalue weighted by molar-refractivity contribution is 5.93. The van der Waals surface area contributed by atoms with E-state index in [0.717, 1.165) is 44.7 Å². The molecule has 0 amide bonds. The van der Waals surface area contributed by atoms with Crippen LogP contribution in [0.5, 0.6) is 5.75 Å². The van der Waals surface area contributed by atoms with Crippen LogP contribution in [0.15, 0.2) is 72.9 Å². The molecule has 0 radical (unpaired) electrons. The van der Waals surface area contributed by atoms with Crippen molar-refractivity contribution >= 4 is 44.9 Å². The molecule has 0 aliphatic rings. The van der Waals surface area contributed by atoms with Crippen molar-refractivity contribution in [2.45, 2.75) is 0 Å². The smallest absolute Gasteiger partial charge is 0.229 e. The van der Waals surface area contributed by atoms with Gasteiger partial charge in [-0.1, -0.05) is 12.1 Å². The van der Waals surface area contributed by atoms with Crippen LogP contribution < -0.4 is 15.4 Å². The Bertz CT molecular complexity index is 1300. The molecule has 0 spiro atoms. The van der Waals surface area contributed by atoms with Gasteiger partial charge in [-0.05, 0) is 54.6 Å². The number of nitrogens with zero attached hydrogens (tertiary/aromatic N) is 3. The van der Waals surface area contributed by atoms with Crippen molar-refractivity contribution in [1.82, 2.24) is 20.2 Å².